The fourth-order valence-electron chi connectivity index (χ4n) is 0.956. The molecular weight excluding hydrogens is 138 g/mol. The monoisotopic (exact) mass is 151 g/mol. The molecule has 0 bridgehead atoms. The Labute approximate surface area is 67.1 Å². The summed E-state index contributed by atoms with van der Waals surface area (Å²) in [6, 6.07) is 3.87. The van der Waals surface area contributed by atoms with Gasteiger partial charge in [-0.15, -0.1) is 0 Å². The summed E-state index contributed by atoms with van der Waals surface area (Å²) < 4.78 is 5.17. The van der Waals surface area contributed by atoms with Gasteiger partial charge in [-0.3, -0.25) is 0 Å². The van der Waals surface area contributed by atoms with Crippen LogP contribution in [-0.4, -0.2) is 11.9 Å². The van der Waals surface area contributed by atoms with Gasteiger partial charge in [-0.2, -0.15) is 0 Å². The van der Waals surface area contributed by atoms with Crippen LogP contribution in [0.1, 0.15) is 12.7 Å². The third-order valence-electron chi connectivity index (χ3n) is 1.39. The maximum Gasteiger partial charge on any atom is 0.122 e. The molecule has 11 heavy (non-hydrogen) atoms. The standard InChI is InChI=1S/C9H13NO/c1-3-6-10(2)8-9-5-4-7-11-9/h3-7H,8H2,1-2H3/b6-3+. The van der Waals surface area contributed by atoms with Crippen LogP contribution >= 0.6 is 0 Å². The van der Waals surface area contributed by atoms with Crippen LogP contribution in [0.3, 0.4) is 0 Å². The fourth-order valence-corrected chi connectivity index (χ4v) is 0.956. The summed E-state index contributed by atoms with van der Waals surface area (Å²) in [5.41, 5.74) is 0. The highest BCUT2D eigenvalue weighted by Crippen LogP contribution is 2.03. The largest absolute Gasteiger partial charge is 0.467 e. The fraction of sp³-hybridized carbons (Fsp3) is 0.333. The van der Waals surface area contributed by atoms with Crippen LogP contribution in [0.4, 0.5) is 0 Å². The number of furan rings is 1. The van der Waals surface area contributed by atoms with Gasteiger partial charge in [0.2, 0.25) is 0 Å². The Morgan fingerprint density at radius 3 is 3.00 bits per heavy atom. The van der Waals surface area contributed by atoms with E-state index in [1.54, 1.807) is 6.26 Å². The van der Waals surface area contributed by atoms with Crippen molar-refractivity contribution >= 4 is 0 Å². The molecule has 0 unspecified atom stereocenters. The first-order valence-electron chi connectivity index (χ1n) is 3.68. The van der Waals surface area contributed by atoms with Crippen LogP contribution in [0, 0.1) is 0 Å². The van der Waals surface area contributed by atoms with Gasteiger partial charge in [-0.25, -0.2) is 0 Å². The Morgan fingerprint density at radius 1 is 1.64 bits per heavy atom. The van der Waals surface area contributed by atoms with Crippen LogP contribution in [0.15, 0.2) is 35.1 Å². The Morgan fingerprint density at radius 2 is 2.45 bits per heavy atom. The lowest BCUT2D eigenvalue weighted by molar-refractivity contribution is 0.382. The van der Waals surface area contributed by atoms with Crippen LogP contribution in [0.5, 0.6) is 0 Å². The molecule has 0 amide bonds. The van der Waals surface area contributed by atoms with E-state index < -0.39 is 0 Å². The van der Waals surface area contributed by atoms with Crippen molar-refractivity contribution in [2.45, 2.75) is 13.5 Å². The van der Waals surface area contributed by atoms with Crippen LogP contribution in [0.2, 0.25) is 0 Å². The van der Waals surface area contributed by atoms with Gasteiger partial charge in [0.05, 0.1) is 12.8 Å². The van der Waals surface area contributed by atoms with Gasteiger partial charge in [-0.05, 0) is 25.3 Å². The van der Waals surface area contributed by atoms with Gasteiger partial charge in [0.1, 0.15) is 5.76 Å². The summed E-state index contributed by atoms with van der Waals surface area (Å²) in [5, 5.41) is 0. The van der Waals surface area contributed by atoms with Crippen molar-refractivity contribution in [3.05, 3.63) is 36.4 Å². The van der Waals surface area contributed by atoms with Gasteiger partial charge in [0, 0.05) is 7.05 Å². The highest BCUT2D eigenvalue weighted by molar-refractivity contribution is 4.98. The molecule has 0 spiro atoms. The second-order valence-electron chi connectivity index (χ2n) is 2.48. The molecule has 0 radical (unpaired) electrons. The molecule has 1 aromatic rings. The topological polar surface area (TPSA) is 16.4 Å². The van der Waals surface area contributed by atoms with E-state index in [9.17, 15) is 0 Å². The predicted octanol–water partition coefficient (Wildman–Crippen LogP) is 2.25. The van der Waals surface area contributed by atoms with E-state index in [4.69, 9.17) is 4.42 Å². The molecule has 1 heterocycles. The average molecular weight is 151 g/mol. The molecule has 1 rings (SSSR count). The maximum absolute atomic E-state index is 5.17. The summed E-state index contributed by atoms with van der Waals surface area (Å²) in [5.74, 6) is 0.991. The lowest BCUT2D eigenvalue weighted by atomic mass is 10.4. The molecule has 0 aliphatic carbocycles. The van der Waals surface area contributed by atoms with E-state index in [0.29, 0.717) is 0 Å². The summed E-state index contributed by atoms with van der Waals surface area (Å²) in [6.07, 6.45) is 5.71. The first-order chi connectivity index (χ1) is 5.33. The smallest absolute Gasteiger partial charge is 0.122 e. The Balaban J connectivity index is 2.43. The number of nitrogens with zero attached hydrogens (tertiary/aromatic N) is 1. The first-order valence-corrected chi connectivity index (χ1v) is 3.68. The van der Waals surface area contributed by atoms with Crippen LogP contribution in [0.25, 0.3) is 0 Å². The van der Waals surface area contributed by atoms with E-state index in [2.05, 4.69) is 4.90 Å². The molecule has 0 aromatic carbocycles. The lowest BCUT2D eigenvalue weighted by Gasteiger charge is -2.10. The third kappa shape index (κ3) is 2.50. The zero-order chi connectivity index (χ0) is 8.10. The number of hydrogen-bond acceptors (Lipinski definition) is 2. The minimum atomic E-state index is 0.831. The molecule has 0 fully saturated rings. The zero-order valence-electron chi connectivity index (χ0n) is 6.95. The summed E-state index contributed by atoms with van der Waals surface area (Å²) >= 11 is 0. The molecule has 2 nitrogen and oxygen atoms in total. The van der Waals surface area contributed by atoms with Crippen molar-refractivity contribution in [1.82, 2.24) is 4.90 Å². The van der Waals surface area contributed by atoms with E-state index >= 15 is 0 Å². The Hall–Kier alpha value is -1.18. The summed E-state index contributed by atoms with van der Waals surface area (Å²) in [6.45, 7) is 2.83. The van der Waals surface area contributed by atoms with Gasteiger partial charge in [0.15, 0.2) is 0 Å². The molecule has 60 valence electrons. The lowest BCUT2D eigenvalue weighted by Crippen LogP contribution is -2.08. The molecule has 0 aliphatic rings. The highest BCUT2D eigenvalue weighted by Gasteiger charge is 1.95. The maximum atomic E-state index is 5.17. The summed E-state index contributed by atoms with van der Waals surface area (Å²) in [4.78, 5) is 2.07. The van der Waals surface area contributed by atoms with Crippen molar-refractivity contribution in [1.29, 1.82) is 0 Å². The van der Waals surface area contributed by atoms with Gasteiger partial charge < -0.3 is 9.32 Å². The second-order valence-corrected chi connectivity index (χ2v) is 2.48. The quantitative estimate of drug-likeness (QED) is 0.658. The zero-order valence-corrected chi connectivity index (χ0v) is 6.95. The summed E-state index contributed by atoms with van der Waals surface area (Å²) in [7, 11) is 2.02. The van der Waals surface area contributed by atoms with Crippen LogP contribution in [-0.2, 0) is 6.54 Å². The van der Waals surface area contributed by atoms with E-state index in [-0.39, 0.29) is 0 Å². The predicted molar refractivity (Wildman–Crippen MR) is 45.0 cm³/mol. The Kier molecular flexibility index (Phi) is 2.78. The molecule has 2 heteroatoms. The van der Waals surface area contributed by atoms with Gasteiger partial charge in [-0.1, -0.05) is 6.08 Å². The minimum absolute atomic E-state index is 0.831. The van der Waals surface area contributed by atoms with E-state index in [1.165, 1.54) is 0 Å². The normalized spacial score (nSPS) is 10.7. The molecule has 1 aromatic heterocycles. The van der Waals surface area contributed by atoms with Crippen molar-refractivity contribution in [3.8, 4) is 0 Å². The molecule has 0 N–H and O–H groups in total. The number of allylic oxidation sites excluding steroid dienone is 1. The number of hydrogen-bond donors (Lipinski definition) is 0. The third-order valence-corrected chi connectivity index (χ3v) is 1.39. The number of rotatable bonds is 3. The van der Waals surface area contributed by atoms with E-state index in [0.717, 1.165) is 12.3 Å². The second kappa shape index (κ2) is 3.86. The van der Waals surface area contributed by atoms with Crippen molar-refractivity contribution in [2.24, 2.45) is 0 Å². The van der Waals surface area contributed by atoms with Crippen molar-refractivity contribution < 1.29 is 4.42 Å². The average Bonchev–Trinajstić information content (AvgIpc) is 2.40. The van der Waals surface area contributed by atoms with Gasteiger partial charge in [0.25, 0.3) is 0 Å². The Bertz CT molecular complexity index is 213. The first kappa shape index (κ1) is 7.92. The molecular formula is C9H13NO. The molecule has 0 saturated carbocycles. The van der Waals surface area contributed by atoms with Gasteiger partial charge >= 0.3 is 0 Å². The van der Waals surface area contributed by atoms with E-state index in [1.807, 2.05) is 38.4 Å². The van der Waals surface area contributed by atoms with Crippen LogP contribution < -0.4 is 0 Å². The highest BCUT2D eigenvalue weighted by atomic mass is 16.3. The SMILES string of the molecule is C/C=C/N(C)Cc1ccco1. The molecule has 0 aliphatic heterocycles. The molecule has 0 atom stereocenters. The van der Waals surface area contributed by atoms with Crippen molar-refractivity contribution in [3.63, 3.8) is 0 Å². The molecule has 0 saturated heterocycles. The minimum Gasteiger partial charge on any atom is -0.467 e. The van der Waals surface area contributed by atoms with Crippen molar-refractivity contribution in [2.75, 3.05) is 7.05 Å².